The van der Waals surface area contributed by atoms with E-state index in [1.807, 2.05) is 12.1 Å². The second kappa shape index (κ2) is 8.58. The minimum Gasteiger partial charge on any atom is -0.326 e. The van der Waals surface area contributed by atoms with Crippen molar-refractivity contribution in [3.05, 3.63) is 65.5 Å². The van der Waals surface area contributed by atoms with E-state index in [0.29, 0.717) is 17.0 Å². The number of nitrogens with zero attached hydrogens (tertiary/aromatic N) is 1. The van der Waals surface area contributed by atoms with Gasteiger partial charge in [0.1, 0.15) is 5.82 Å². The van der Waals surface area contributed by atoms with Gasteiger partial charge in [0.2, 0.25) is 5.91 Å². The average molecular weight is 369 g/mol. The van der Waals surface area contributed by atoms with Gasteiger partial charge in [-0.2, -0.15) is 5.10 Å². The Balaban J connectivity index is 1.89. The standard InChI is InChI=1S/C21H24FN3O2/c1-14(13-19(26)23-18-11-9-17(22)10-12-18)24-25-20(27)15-5-7-16(8-6-15)21(2,3)4/h5-12H,13H2,1-4H3,(H,23,26)(H,25,27)/b24-14-. The summed E-state index contributed by atoms with van der Waals surface area (Å²) in [6, 6.07) is 12.8. The topological polar surface area (TPSA) is 70.6 Å². The van der Waals surface area contributed by atoms with Crippen LogP contribution in [0.1, 0.15) is 50.0 Å². The fourth-order valence-electron chi connectivity index (χ4n) is 2.34. The molecule has 0 fully saturated rings. The smallest absolute Gasteiger partial charge is 0.271 e. The van der Waals surface area contributed by atoms with Crippen LogP contribution in [0.5, 0.6) is 0 Å². The SMILES string of the molecule is C/C(CC(=O)Nc1ccc(F)cc1)=N/NC(=O)c1ccc(C(C)(C)C)cc1. The molecule has 142 valence electrons. The van der Waals surface area contributed by atoms with Crippen molar-refractivity contribution < 1.29 is 14.0 Å². The van der Waals surface area contributed by atoms with E-state index in [-0.39, 0.29) is 29.5 Å². The lowest BCUT2D eigenvalue weighted by Crippen LogP contribution is -2.21. The van der Waals surface area contributed by atoms with Gasteiger partial charge in [-0.25, -0.2) is 9.82 Å². The lowest BCUT2D eigenvalue weighted by molar-refractivity contribution is -0.115. The predicted molar refractivity (Wildman–Crippen MR) is 105 cm³/mol. The van der Waals surface area contributed by atoms with Gasteiger partial charge in [0.25, 0.3) is 5.91 Å². The molecule has 0 heterocycles. The average Bonchev–Trinajstić information content (AvgIpc) is 2.61. The molecule has 27 heavy (non-hydrogen) atoms. The maximum atomic E-state index is 12.9. The number of carbonyl (C=O) groups excluding carboxylic acids is 2. The minimum absolute atomic E-state index is 0.0145. The molecule has 0 saturated heterocycles. The minimum atomic E-state index is -0.371. The van der Waals surface area contributed by atoms with Gasteiger partial charge in [-0.3, -0.25) is 9.59 Å². The van der Waals surface area contributed by atoms with E-state index < -0.39 is 0 Å². The van der Waals surface area contributed by atoms with E-state index in [0.717, 1.165) is 5.56 Å². The Morgan fingerprint density at radius 2 is 1.59 bits per heavy atom. The van der Waals surface area contributed by atoms with Crippen molar-refractivity contribution in [3.8, 4) is 0 Å². The van der Waals surface area contributed by atoms with Crippen molar-refractivity contribution in [1.29, 1.82) is 0 Å². The monoisotopic (exact) mass is 369 g/mol. The quantitative estimate of drug-likeness (QED) is 0.611. The largest absolute Gasteiger partial charge is 0.326 e. The van der Waals surface area contributed by atoms with Gasteiger partial charge in [0.15, 0.2) is 0 Å². The molecule has 0 spiro atoms. The predicted octanol–water partition coefficient (Wildman–Crippen LogP) is 4.26. The first-order valence-corrected chi connectivity index (χ1v) is 8.64. The van der Waals surface area contributed by atoms with E-state index in [1.54, 1.807) is 19.1 Å². The van der Waals surface area contributed by atoms with E-state index in [1.165, 1.54) is 24.3 Å². The Morgan fingerprint density at radius 3 is 2.15 bits per heavy atom. The molecule has 0 aliphatic rings. The van der Waals surface area contributed by atoms with E-state index in [9.17, 15) is 14.0 Å². The van der Waals surface area contributed by atoms with Crippen LogP contribution in [0.2, 0.25) is 0 Å². The zero-order valence-electron chi connectivity index (χ0n) is 16.0. The van der Waals surface area contributed by atoms with Crippen molar-refractivity contribution in [1.82, 2.24) is 5.43 Å². The lowest BCUT2D eigenvalue weighted by atomic mass is 9.87. The maximum Gasteiger partial charge on any atom is 0.271 e. The van der Waals surface area contributed by atoms with Crippen LogP contribution in [0.3, 0.4) is 0 Å². The van der Waals surface area contributed by atoms with Gasteiger partial charge in [-0.05, 0) is 54.3 Å². The number of carbonyl (C=O) groups is 2. The van der Waals surface area contributed by atoms with Gasteiger partial charge in [-0.15, -0.1) is 0 Å². The summed E-state index contributed by atoms with van der Waals surface area (Å²) in [5.74, 6) is -1.01. The number of benzene rings is 2. The van der Waals surface area contributed by atoms with Crippen molar-refractivity contribution in [2.24, 2.45) is 5.10 Å². The van der Waals surface area contributed by atoms with E-state index >= 15 is 0 Å². The maximum absolute atomic E-state index is 12.9. The highest BCUT2D eigenvalue weighted by Gasteiger charge is 2.14. The molecule has 2 rings (SSSR count). The van der Waals surface area contributed by atoms with Crippen LogP contribution in [0, 0.1) is 5.82 Å². The van der Waals surface area contributed by atoms with Gasteiger partial charge >= 0.3 is 0 Å². The van der Waals surface area contributed by atoms with Crippen molar-refractivity contribution in [3.63, 3.8) is 0 Å². The molecule has 6 heteroatoms. The van der Waals surface area contributed by atoms with Gasteiger partial charge < -0.3 is 5.32 Å². The Kier molecular flexibility index (Phi) is 6.45. The summed E-state index contributed by atoms with van der Waals surface area (Å²) in [6.07, 6.45) is 0.0145. The molecule has 0 saturated carbocycles. The molecule has 0 radical (unpaired) electrons. The fourth-order valence-corrected chi connectivity index (χ4v) is 2.34. The molecule has 0 bridgehead atoms. The number of anilines is 1. The molecule has 2 N–H and O–H groups in total. The zero-order chi connectivity index (χ0) is 20.0. The Labute approximate surface area is 158 Å². The summed E-state index contributed by atoms with van der Waals surface area (Å²) in [5, 5.41) is 6.60. The molecular weight excluding hydrogens is 345 g/mol. The Morgan fingerprint density at radius 1 is 1.00 bits per heavy atom. The molecule has 2 amide bonds. The number of hydrogen-bond donors (Lipinski definition) is 2. The Bertz CT molecular complexity index is 835. The van der Waals surface area contributed by atoms with Crippen LogP contribution in [0.4, 0.5) is 10.1 Å². The van der Waals surface area contributed by atoms with Crippen LogP contribution >= 0.6 is 0 Å². The summed E-state index contributed by atoms with van der Waals surface area (Å²) >= 11 is 0. The number of amides is 2. The second-order valence-corrected chi connectivity index (χ2v) is 7.35. The number of hydrogen-bond acceptors (Lipinski definition) is 3. The zero-order valence-corrected chi connectivity index (χ0v) is 16.0. The summed E-state index contributed by atoms with van der Waals surface area (Å²) in [4.78, 5) is 24.1. The van der Waals surface area contributed by atoms with E-state index in [2.05, 4.69) is 36.6 Å². The highest BCUT2D eigenvalue weighted by molar-refractivity contribution is 6.06. The number of halogens is 1. The number of hydrazone groups is 1. The summed E-state index contributed by atoms with van der Waals surface area (Å²) in [5.41, 5.74) is 5.05. The molecule has 0 atom stereocenters. The van der Waals surface area contributed by atoms with Crippen molar-refractivity contribution in [2.75, 3.05) is 5.32 Å². The van der Waals surface area contributed by atoms with Crippen molar-refractivity contribution >= 4 is 23.2 Å². The first-order chi connectivity index (χ1) is 12.6. The van der Waals surface area contributed by atoms with Gasteiger partial charge in [-0.1, -0.05) is 32.9 Å². The third-order valence-electron chi connectivity index (χ3n) is 3.91. The first-order valence-electron chi connectivity index (χ1n) is 8.64. The van der Waals surface area contributed by atoms with Crippen LogP contribution in [0.25, 0.3) is 0 Å². The highest BCUT2D eigenvalue weighted by Crippen LogP contribution is 2.22. The molecular formula is C21H24FN3O2. The van der Waals surface area contributed by atoms with E-state index in [4.69, 9.17) is 0 Å². The molecule has 5 nitrogen and oxygen atoms in total. The van der Waals surface area contributed by atoms with Crippen LogP contribution in [0.15, 0.2) is 53.6 Å². The second-order valence-electron chi connectivity index (χ2n) is 7.35. The fraction of sp³-hybridized carbons (Fsp3) is 0.286. The third-order valence-corrected chi connectivity index (χ3v) is 3.91. The first kappa shape index (κ1) is 20.3. The molecule has 2 aromatic rings. The lowest BCUT2D eigenvalue weighted by Gasteiger charge is -2.18. The Hall–Kier alpha value is -3.02. The molecule has 0 aliphatic carbocycles. The highest BCUT2D eigenvalue weighted by atomic mass is 19.1. The summed E-state index contributed by atoms with van der Waals surface area (Å²) in [7, 11) is 0. The van der Waals surface area contributed by atoms with Crippen LogP contribution in [-0.4, -0.2) is 17.5 Å². The number of nitrogens with one attached hydrogen (secondary N) is 2. The molecule has 0 aliphatic heterocycles. The summed E-state index contributed by atoms with van der Waals surface area (Å²) in [6.45, 7) is 7.96. The normalized spacial score (nSPS) is 11.8. The van der Waals surface area contributed by atoms with Crippen LogP contribution < -0.4 is 10.7 Å². The third kappa shape index (κ3) is 6.33. The number of rotatable bonds is 5. The van der Waals surface area contributed by atoms with Crippen molar-refractivity contribution in [2.45, 2.75) is 39.5 Å². The van der Waals surface area contributed by atoms with Gasteiger partial charge in [0, 0.05) is 17.0 Å². The summed E-state index contributed by atoms with van der Waals surface area (Å²) < 4.78 is 12.9. The van der Waals surface area contributed by atoms with Crippen LogP contribution in [-0.2, 0) is 10.2 Å². The molecule has 2 aromatic carbocycles. The molecule has 0 unspecified atom stereocenters. The molecule has 0 aromatic heterocycles. The van der Waals surface area contributed by atoms with Gasteiger partial charge in [0.05, 0.1) is 6.42 Å².